The van der Waals surface area contributed by atoms with Crippen LogP contribution in [-0.4, -0.2) is 10.1 Å². The maximum atomic E-state index is 13.7. The smallest absolute Gasteiger partial charge is 0.153 e. The maximum absolute atomic E-state index is 13.7. The van der Waals surface area contributed by atoms with Gasteiger partial charge >= 0.3 is 0 Å². The molecule has 0 atom stereocenters. The topological polar surface area (TPSA) is 62.7 Å². The molecular weight excluding hydrogens is 209 g/mol. The number of nitriles is 1. The van der Waals surface area contributed by atoms with Gasteiger partial charge in [0, 0.05) is 17.8 Å². The van der Waals surface area contributed by atoms with Gasteiger partial charge in [-0.05, 0) is 13.0 Å². The summed E-state index contributed by atoms with van der Waals surface area (Å²) >= 11 is 0. The highest BCUT2D eigenvalue weighted by Gasteiger charge is 2.12. The standard InChI is InChI=1S/C11H8FN3O/c1-7-11(12)9(3-5-14-7)10-6-8(2-4-13)16-15-10/h3,5-6H,2H2,1H3. The van der Waals surface area contributed by atoms with Crippen LogP contribution < -0.4 is 0 Å². The molecule has 2 aromatic rings. The quantitative estimate of drug-likeness (QED) is 0.773. The molecule has 0 aliphatic heterocycles. The Morgan fingerprint density at radius 1 is 1.56 bits per heavy atom. The van der Waals surface area contributed by atoms with Crippen molar-refractivity contribution in [3.05, 3.63) is 35.6 Å². The molecule has 0 spiro atoms. The number of aromatic nitrogens is 2. The molecule has 0 bridgehead atoms. The molecule has 0 fully saturated rings. The molecule has 0 radical (unpaired) electrons. The van der Waals surface area contributed by atoms with Crippen molar-refractivity contribution in [2.75, 3.05) is 0 Å². The van der Waals surface area contributed by atoms with E-state index in [2.05, 4.69) is 10.1 Å². The number of pyridine rings is 1. The zero-order valence-corrected chi connectivity index (χ0v) is 8.57. The molecule has 0 N–H and O–H groups in total. The molecule has 2 heterocycles. The summed E-state index contributed by atoms with van der Waals surface area (Å²) in [6.45, 7) is 1.58. The SMILES string of the molecule is Cc1nccc(-c2cc(CC#N)on2)c1F. The molecule has 0 saturated carbocycles. The fourth-order valence-corrected chi connectivity index (χ4v) is 1.35. The molecule has 0 aliphatic carbocycles. The molecule has 16 heavy (non-hydrogen) atoms. The predicted octanol–water partition coefficient (Wildman–Crippen LogP) is 2.25. The van der Waals surface area contributed by atoms with Gasteiger partial charge in [-0.3, -0.25) is 4.98 Å². The summed E-state index contributed by atoms with van der Waals surface area (Å²) < 4.78 is 18.6. The molecule has 5 heteroatoms. The van der Waals surface area contributed by atoms with E-state index in [4.69, 9.17) is 9.78 Å². The molecule has 4 nitrogen and oxygen atoms in total. The van der Waals surface area contributed by atoms with Crippen molar-refractivity contribution in [1.29, 1.82) is 5.26 Å². The lowest BCUT2D eigenvalue weighted by molar-refractivity contribution is 0.393. The van der Waals surface area contributed by atoms with Crippen LogP contribution in [0.1, 0.15) is 11.5 Å². The highest BCUT2D eigenvalue weighted by Crippen LogP contribution is 2.23. The molecule has 2 rings (SSSR count). The Balaban J connectivity index is 2.43. The van der Waals surface area contributed by atoms with Crippen LogP contribution in [0.5, 0.6) is 0 Å². The Labute approximate surface area is 91.3 Å². The summed E-state index contributed by atoms with van der Waals surface area (Å²) in [6, 6.07) is 5.02. The minimum absolute atomic E-state index is 0.124. The normalized spacial score (nSPS) is 10.1. The van der Waals surface area contributed by atoms with Gasteiger partial charge in [-0.1, -0.05) is 5.16 Å². The van der Waals surface area contributed by atoms with E-state index in [0.717, 1.165) is 0 Å². The van der Waals surface area contributed by atoms with E-state index in [9.17, 15) is 4.39 Å². The van der Waals surface area contributed by atoms with E-state index in [1.807, 2.05) is 6.07 Å². The fraction of sp³-hybridized carbons (Fsp3) is 0.182. The van der Waals surface area contributed by atoms with Crippen molar-refractivity contribution in [2.45, 2.75) is 13.3 Å². The Morgan fingerprint density at radius 2 is 2.38 bits per heavy atom. The fourth-order valence-electron chi connectivity index (χ4n) is 1.35. The summed E-state index contributed by atoms with van der Waals surface area (Å²) in [5.41, 5.74) is 1.02. The average molecular weight is 217 g/mol. The average Bonchev–Trinajstić information content (AvgIpc) is 2.71. The van der Waals surface area contributed by atoms with Gasteiger partial charge in [0.05, 0.1) is 18.2 Å². The Hall–Kier alpha value is -2.22. The van der Waals surface area contributed by atoms with Gasteiger partial charge in [0.25, 0.3) is 0 Å². The van der Waals surface area contributed by atoms with Gasteiger partial charge in [-0.25, -0.2) is 4.39 Å². The number of hydrogen-bond donors (Lipinski definition) is 0. The first-order chi connectivity index (χ1) is 7.72. The minimum atomic E-state index is -0.417. The second-order valence-corrected chi connectivity index (χ2v) is 3.27. The van der Waals surface area contributed by atoms with E-state index in [0.29, 0.717) is 22.7 Å². The van der Waals surface area contributed by atoms with Crippen LogP contribution in [0.4, 0.5) is 4.39 Å². The zero-order chi connectivity index (χ0) is 11.5. The van der Waals surface area contributed by atoms with Crippen LogP contribution in [-0.2, 0) is 6.42 Å². The molecule has 0 saturated heterocycles. The lowest BCUT2D eigenvalue weighted by Crippen LogP contribution is -1.91. The monoisotopic (exact) mass is 217 g/mol. The first-order valence-electron chi connectivity index (χ1n) is 4.66. The van der Waals surface area contributed by atoms with Crippen LogP contribution in [0.15, 0.2) is 22.9 Å². The molecule has 2 aromatic heterocycles. The minimum Gasteiger partial charge on any atom is -0.360 e. The highest BCUT2D eigenvalue weighted by molar-refractivity contribution is 5.59. The van der Waals surface area contributed by atoms with Crippen molar-refractivity contribution in [3.63, 3.8) is 0 Å². The van der Waals surface area contributed by atoms with Crippen molar-refractivity contribution < 1.29 is 8.91 Å². The van der Waals surface area contributed by atoms with E-state index in [1.54, 1.807) is 13.0 Å². The van der Waals surface area contributed by atoms with Crippen molar-refractivity contribution in [3.8, 4) is 17.3 Å². The van der Waals surface area contributed by atoms with Gasteiger partial charge in [0.1, 0.15) is 5.69 Å². The highest BCUT2D eigenvalue weighted by atomic mass is 19.1. The maximum Gasteiger partial charge on any atom is 0.153 e. The molecule has 0 aliphatic rings. The van der Waals surface area contributed by atoms with Crippen LogP contribution in [0.2, 0.25) is 0 Å². The molecule has 0 aromatic carbocycles. The Kier molecular flexibility index (Phi) is 2.64. The Morgan fingerprint density at radius 3 is 3.12 bits per heavy atom. The van der Waals surface area contributed by atoms with Crippen LogP contribution >= 0.6 is 0 Å². The van der Waals surface area contributed by atoms with E-state index in [-0.39, 0.29) is 6.42 Å². The van der Waals surface area contributed by atoms with Crippen LogP contribution in [0.3, 0.4) is 0 Å². The number of rotatable bonds is 2. The van der Waals surface area contributed by atoms with E-state index < -0.39 is 5.82 Å². The van der Waals surface area contributed by atoms with Gasteiger partial charge in [-0.15, -0.1) is 0 Å². The van der Waals surface area contributed by atoms with Gasteiger partial charge in [-0.2, -0.15) is 5.26 Å². The summed E-state index contributed by atoms with van der Waals surface area (Å²) in [6.07, 6.45) is 1.63. The third-order valence-electron chi connectivity index (χ3n) is 2.15. The van der Waals surface area contributed by atoms with Gasteiger partial charge < -0.3 is 4.52 Å². The van der Waals surface area contributed by atoms with E-state index in [1.165, 1.54) is 12.3 Å². The molecule has 0 unspecified atom stereocenters. The zero-order valence-electron chi connectivity index (χ0n) is 8.57. The van der Waals surface area contributed by atoms with Crippen molar-refractivity contribution in [2.24, 2.45) is 0 Å². The first-order valence-corrected chi connectivity index (χ1v) is 4.66. The first kappa shape index (κ1) is 10.3. The number of hydrogen-bond acceptors (Lipinski definition) is 4. The summed E-state index contributed by atoms with van der Waals surface area (Å²) in [5.74, 6) is 0.00525. The second-order valence-electron chi connectivity index (χ2n) is 3.27. The van der Waals surface area contributed by atoms with Crippen LogP contribution in [0, 0.1) is 24.1 Å². The third-order valence-corrected chi connectivity index (χ3v) is 2.15. The van der Waals surface area contributed by atoms with Crippen molar-refractivity contribution >= 4 is 0 Å². The van der Waals surface area contributed by atoms with Gasteiger partial charge in [0.15, 0.2) is 11.6 Å². The summed E-state index contributed by atoms with van der Waals surface area (Å²) in [4.78, 5) is 3.82. The molecule has 0 amide bonds. The third kappa shape index (κ3) is 1.77. The largest absolute Gasteiger partial charge is 0.360 e. The summed E-state index contributed by atoms with van der Waals surface area (Å²) in [5, 5.41) is 12.2. The molecular formula is C11H8FN3O. The molecule has 80 valence electrons. The lowest BCUT2D eigenvalue weighted by atomic mass is 10.1. The van der Waals surface area contributed by atoms with E-state index >= 15 is 0 Å². The number of aryl methyl sites for hydroxylation is 1. The number of halogens is 1. The van der Waals surface area contributed by atoms with Crippen LogP contribution in [0.25, 0.3) is 11.3 Å². The van der Waals surface area contributed by atoms with Crippen molar-refractivity contribution in [1.82, 2.24) is 10.1 Å². The predicted molar refractivity (Wildman–Crippen MR) is 53.7 cm³/mol. The summed E-state index contributed by atoms with van der Waals surface area (Å²) in [7, 11) is 0. The van der Waals surface area contributed by atoms with Gasteiger partial charge in [0.2, 0.25) is 0 Å². The number of nitrogens with zero attached hydrogens (tertiary/aromatic N) is 3. The lowest BCUT2D eigenvalue weighted by Gasteiger charge is -1.99. The Bertz CT molecular complexity index is 557. The second kappa shape index (κ2) is 4.11.